The fraction of sp³-hybridized carbons (Fsp3) is 0. The van der Waals surface area contributed by atoms with Crippen molar-refractivity contribution in [2.45, 2.75) is 0 Å². The number of rotatable bonds is 16. The van der Waals surface area contributed by atoms with Crippen LogP contribution in [-0.4, -0.2) is 0 Å². The van der Waals surface area contributed by atoms with Gasteiger partial charge in [-0.1, -0.05) is 158 Å². The molecule has 0 heterocycles. The molecule has 0 saturated carbocycles. The zero-order valence-corrected chi connectivity index (χ0v) is 42.2. The first-order valence-electron chi connectivity index (χ1n) is 26.8. The predicted octanol–water partition coefficient (Wildman–Crippen LogP) is 20.7. The van der Waals surface area contributed by atoms with E-state index >= 15 is 0 Å². The third-order valence-corrected chi connectivity index (χ3v) is 13.5. The highest BCUT2D eigenvalue weighted by molar-refractivity contribution is 5.84. The van der Waals surface area contributed by atoms with Gasteiger partial charge in [0.05, 0.1) is 2.74 Å². The van der Waals surface area contributed by atoms with Crippen LogP contribution in [0.1, 0.15) is 2.74 Å². The van der Waals surface area contributed by atoms with E-state index < -0.39 is 0 Å². The zero-order chi connectivity index (χ0) is 53.3. The molecule has 5 heteroatoms. The van der Waals surface area contributed by atoms with E-state index in [2.05, 4.69) is 238 Å². The van der Waals surface area contributed by atoms with Gasteiger partial charge in [0.1, 0.15) is 11.5 Å². The molecule has 5 nitrogen and oxygen atoms in total. The lowest BCUT2D eigenvalue weighted by Crippen LogP contribution is -2.12. The van der Waals surface area contributed by atoms with Crippen LogP contribution in [0.4, 0.5) is 68.2 Å². The fourth-order valence-corrected chi connectivity index (χ4v) is 9.81. The third kappa shape index (κ3) is 10.7. The van der Waals surface area contributed by atoms with Gasteiger partial charge in [-0.3, -0.25) is 0 Å². The van der Waals surface area contributed by atoms with E-state index in [1.165, 1.54) is 0 Å². The summed E-state index contributed by atoms with van der Waals surface area (Å²) in [5, 5.41) is 0. The second kappa shape index (κ2) is 22.4. The maximum Gasteiger partial charge on any atom is 0.127 e. The number of anilines is 12. The van der Waals surface area contributed by atoms with Crippen LogP contribution in [-0.2, 0) is 0 Å². The summed E-state index contributed by atoms with van der Waals surface area (Å²) in [4.78, 5) is 9.04. The van der Waals surface area contributed by atoms with Crippen LogP contribution in [0.15, 0.2) is 328 Å². The number of benzene rings is 12. The molecule has 0 unspecified atom stereocenters. The van der Waals surface area contributed by atoms with Gasteiger partial charge in [-0.2, -0.15) is 0 Å². The molecule has 0 amide bonds. The van der Waals surface area contributed by atoms with Crippen molar-refractivity contribution in [2.75, 3.05) is 19.6 Å². The van der Waals surface area contributed by atoms with Crippen LogP contribution in [0.5, 0.6) is 11.5 Å². The smallest absolute Gasteiger partial charge is 0.127 e. The van der Waals surface area contributed by atoms with Crippen molar-refractivity contribution in [3.05, 3.63) is 328 Å². The summed E-state index contributed by atoms with van der Waals surface area (Å²) < 4.78 is 22.8. The van der Waals surface area contributed by atoms with E-state index in [1.54, 1.807) is 12.1 Å². The Kier molecular flexibility index (Phi) is 13.2. The summed E-state index contributed by atoms with van der Waals surface area (Å²) in [5.41, 5.74) is 16.5. The van der Waals surface area contributed by atoms with Gasteiger partial charge in [0.15, 0.2) is 0 Å². The predicted molar refractivity (Wildman–Crippen MR) is 323 cm³/mol. The molecule has 0 N–H and O–H groups in total. The standard InChI is InChI=1S/C72H54N4O/c1-7-19-55(20-8-1)57-31-35-63(36-32-57)73(59-23-11-3-12-24-59)65-39-43-67(44-40-65)75(61-27-15-5-16-28-61)69-47-51-71(52-48-69)77-72-53-49-70(50-54-72)76(62-29-17-6-18-30-62)68-45-41-66(42-46-68)74(60-25-13-4-14-26-60)64-37-33-58(34-38-64)56-21-9-2-10-22-56/h1-54H/i7T,9T. The quantitative estimate of drug-likeness (QED) is 0.0959. The van der Waals surface area contributed by atoms with Crippen LogP contribution >= 0.6 is 0 Å². The molecule has 0 saturated heterocycles. The van der Waals surface area contributed by atoms with Gasteiger partial charge in [0.25, 0.3) is 0 Å². The van der Waals surface area contributed by atoms with Gasteiger partial charge in [-0.15, -0.1) is 0 Å². The minimum atomic E-state index is 0.496. The van der Waals surface area contributed by atoms with Crippen LogP contribution in [0.3, 0.4) is 0 Å². The summed E-state index contributed by atoms with van der Waals surface area (Å²) in [6.07, 6.45) is 0. The molecule has 368 valence electrons. The first-order chi connectivity index (χ1) is 39.0. The Labute approximate surface area is 454 Å². The Hall–Kier alpha value is -10.4. The molecule has 0 aromatic heterocycles. The monoisotopic (exact) mass is 994 g/mol. The molecule has 12 rings (SSSR count). The Bertz CT molecular complexity index is 3650. The Morgan fingerprint density at radius 3 is 0.623 bits per heavy atom. The molecular formula is C72H54N4O. The average molecular weight is 995 g/mol. The molecule has 0 radical (unpaired) electrons. The lowest BCUT2D eigenvalue weighted by Gasteiger charge is -2.28. The van der Waals surface area contributed by atoms with Gasteiger partial charge >= 0.3 is 0 Å². The molecular weight excluding hydrogens is 937 g/mol. The zero-order valence-electron chi connectivity index (χ0n) is 44.2. The second-order valence-electron chi connectivity index (χ2n) is 18.5. The van der Waals surface area contributed by atoms with Crippen LogP contribution < -0.4 is 24.3 Å². The van der Waals surface area contributed by atoms with E-state index in [0.717, 1.165) is 102 Å². The van der Waals surface area contributed by atoms with Crippen molar-refractivity contribution in [1.82, 2.24) is 0 Å². The summed E-state index contributed by atoms with van der Waals surface area (Å²) in [5.74, 6) is 1.46. The minimum absolute atomic E-state index is 0.496. The first-order valence-corrected chi connectivity index (χ1v) is 25.8. The summed E-state index contributed by atoms with van der Waals surface area (Å²) in [7, 11) is 0. The Morgan fingerprint density at radius 2 is 0.377 bits per heavy atom. The average Bonchev–Trinajstić information content (AvgIpc) is 3.51. The Morgan fingerprint density at radius 1 is 0.182 bits per heavy atom. The highest BCUT2D eigenvalue weighted by Gasteiger charge is 2.19. The molecule has 12 aromatic rings. The van der Waals surface area contributed by atoms with Crippen molar-refractivity contribution in [3.8, 4) is 33.8 Å². The highest BCUT2D eigenvalue weighted by Crippen LogP contribution is 2.43. The molecule has 0 aliphatic carbocycles. The molecule has 0 spiro atoms. The van der Waals surface area contributed by atoms with Gasteiger partial charge in [0, 0.05) is 68.2 Å². The van der Waals surface area contributed by atoms with Crippen molar-refractivity contribution in [1.29, 1.82) is 0 Å². The second-order valence-corrected chi connectivity index (χ2v) is 18.5. The SMILES string of the molecule is [3H]c1cccc(-c2ccc(N(c3ccccc3)c3ccc(N(c4ccccc4)c4ccc(Oc5ccc(N(c6ccccc6)c6ccc(N(c7ccccc7)c7ccc(-c8cccc([3H])c8)cc7)cc6)cc5)cc4)cc3)cc2)c1. The van der Waals surface area contributed by atoms with Gasteiger partial charge < -0.3 is 24.3 Å². The van der Waals surface area contributed by atoms with Crippen molar-refractivity contribution in [3.63, 3.8) is 0 Å². The van der Waals surface area contributed by atoms with Crippen LogP contribution in [0.25, 0.3) is 22.3 Å². The number of ether oxygens (including phenoxy) is 1. The number of nitrogens with zero attached hydrogens (tertiary/aromatic N) is 4. The van der Waals surface area contributed by atoms with Crippen LogP contribution in [0.2, 0.25) is 0 Å². The maximum atomic E-state index is 8.13. The first kappa shape index (κ1) is 45.3. The molecule has 0 aliphatic rings. The molecule has 0 aliphatic heterocycles. The molecule has 0 bridgehead atoms. The summed E-state index contributed by atoms with van der Waals surface area (Å²) in [6, 6.07) is 109. The van der Waals surface area contributed by atoms with E-state index in [-0.39, 0.29) is 0 Å². The van der Waals surface area contributed by atoms with Gasteiger partial charge in [0.2, 0.25) is 0 Å². The van der Waals surface area contributed by atoms with Crippen molar-refractivity contribution < 1.29 is 7.48 Å². The van der Waals surface area contributed by atoms with E-state index in [9.17, 15) is 0 Å². The lowest BCUT2D eigenvalue weighted by molar-refractivity contribution is 0.483. The summed E-state index contributed by atoms with van der Waals surface area (Å²) >= 11 is 0. The van der Waals surface area contributed by atoms with Crippen molar-refractivity contribution >= 4 is 68.2 Å². The van der Waals surface area contributed by atoms with Gasteiger partial charge in [-0.25, -0.2) is 0 Å². The fourth-order valence-electron chi connectivity index (χ4n) is 9.81. The van der Waals surface area contributed by atoms with Gasteiger partial charge in [-0.05, 0) is 192 Å². The van der Waals surface area contributed by atoms with E-state index in [4.69, 9.17) is 7.48 Å². The van der Waals surface area contributed by atoms with E-state index in [0.29, 0.717) is 12.1 Å². The third-order valence-electron chi connectivity index (χ3n) is 13.5. The van der Waals surface area contributed by atoms with Crippen molar-refractivity contribution in [2.24, 2.45) is 0 Å². The van der Waals surface area contributed by atoms with Crippen LogP contribution in [0, 0.1) is 0 Å². The number of hydrogen-bond donors (Lipinski definition) is 0. The number of para-hydroxylation sites is 4. The lowest BCUT2D eigenvalue weighted by atomic mass is 10.0. The largest absolute Gasteiger partial charge is 0.457 e. The Balaban J connectivity index is 0.783. The highest BCUT2D eigenvalue weighted by atomic mass is 16.5. The topological polar surface area (TPSA) is 22.2 Å². The minimum Gasteiger partial charge on any atom is -0.457 e. The molecule has 12 aromatic carbocycles. The molecule has 0 atom stereocenters. The van der Waals surface area contributed by atoms with E-state index in [1.807, 2.05) is 84.9 Å². The molecule has 0 fully saturated rings. The summed E-state index contributed by atoms with van der Waals surface area (Å²) in [6.45, 7) is 0. The molecule has 77 heavy (non-hydrogen) atoms. The number of hydrogen-bond acceptors (Lipinski definition) is 5. The normalized spacial score (nSPS) is 11.2. The maximum absolute atomic E-state index is 8.13.